The summed E-state index contributed by atoms with van der Waals surface area (Å²) in [6, 6.07) is 15.9. The summed E-state index contributed by atoms with van der Waals surface area (Å²) >= 11 is 0. The number of hydrogen-bond donors (Lipinski definition) is 2. The molecule has 1 unspecified atom stereocenters. The van der Waals surface area contributed by atoms with Gasteiger partial charge in [-0.05, 0) is 43.3 Å². The van der Waals surface area contributed by atoms with E-state index in [0.717, 1.165) is 5.75 Å². The number of carbonyl (C=O) groups excluding carboxylic acids is 2. The van der Waals surface area contributed by atoms with Crippen LogP contribution < -0.4 is 20.1 Å². The molecule has 0 aliphatic carbocycles. The molecule has 2 aromatic carbocycles. The summed E-state index contributed by atoms with van der Waals surface area (Å²) in [5, 5.41) is 5.48. The summed E-state index contributed by atoms with van der Waals surface area (Å²) in [6.45, 7) is 2.34. The van der Waals surface area contributed by atoms with E-state index in [9.17, 15) is 9.59 Å². The molecule has 0 heterocycles. The van der Waals surface area contributed by atoms with E-state index in [-0.39, 0.29) is 11.8 Å². The van der Waals surface area contributed by atoms with Gasteiger partial charge in [-0.15, -0.1) is 0 Å². The van der Waals surface area contributed by atoms with Crippen LogP contribution in [-0.2, 0) is 4.79 Å². The summed E-state index contributed by atoms with van der Waals surface area (Å²) in [4.78, 5) is 23.9. The molecule has 0 bridgehead atoms. The van der Waals surface area contributed by atoms with Crippen LogP contribution in [0.3, 0.4) is 0 Å². The number of benzene rings is 2. The fourth-order valence-corrected chi connectivity index (χ4v) is 2.11. The standard InChI is InChI=1S/C19H22N2O4/c1-14(25-17-10-8-16(24-2)9-11-17)18(22)20-12-13-21-19(23)15-6-4-3-5-7-15/h3-11,14H,12-13H2,1-2H3,(H,20,22)(H,21,23). The highest BCUT2D eigenvalue weighted by molar-refractivity contribution is 5.94. The van der Waals surface area contributed by atoms with E-state index >= 15 is 0 Å². The van der Waals surface area contributed by atoms with E-state index in [1.165, 1.54) is 0 Å². The first-order chi connectivity index (χ1) is 12.1. The fourth-order valence-electron chi connectivity index (χ4n) is 2.11. The van der Waals surface area contributed by atoms with Gasteiger partial charge in [0.15, 0.2) is 6.10 Å². The molecule has 2 aromatic rings. The minimum atomic E-state index is -0.641. The van der Waals surface area contributed by atoms with Crippen molar-refractivity contribution in [2.75, 3.05) is 20.2 Å². The van der Waals surface area contributed by atoms with E-state index in [2.05, 4.69) is 10.6 Å². The molecular weight excluding hydrogens is 320 g/mol. The van der Waals surface area contributed by atoms with Gasteiger partial charge in [-0.3, -0.25) is 9.59 Å². The smallest absolute Gasteiger partial charge is 0.260 e. The van der Waals surface area contributed by atoms with Crippen LogP contribution >= 0.6 is 0 Å². The predicted molar refractivity (Wildman–Crippen MR) is 94.9 cm³/mol. The molecule has 0 aromatic heterocycles. The maximum Gasteiger partial charge on any atom is 0.260 e. The quantitative estimate of drug-likeness (QED) is 0.720. The van der Waals surface area contributed by atoms with Gasteiger partial charge in [0.2, 0.25) is 0 Å². The Morgan fingerprint density at radius 1 is 0.920 bits per heavy atom. The number of carbonyl (C=O) groups is 2. The normalized spacial score (nSPS) is 11.3. The third kappa shape index (κ3) is 5.84. The first-order valence-corrected chi connectivity index (χ1v) is 8.02. The minimum Gasteiger partial charge on any atom is -0.497 e. The van der Waals surface area contributed by atoms with Crippen molar-refractivity contribution < 1.29 is 19.1 Å². The Morgan fingerprint density at radius 3 is 2.16 bits per heavy atom. The zero-order valence-electron chi connectivity index (χ0n) is 14.3. The van der Waals surface area contributed by atoms with Crippen molar-refractivity contribution in [1.29, 1.82) is 0 Å². The minimum absolute atomic E-state index is 0.169. The molecule has 0 aliphatic rings. The number of nitrogens with one attached hydrogen (secondary N) is 2. The molecule has 0 aliphatic heterocycles. The number of methoxy groups -OCH3 is 1. The summed E-state index contributed by atoms with van der Waals surface area (Å²) in [7, 11) is 1.59. The number of hydrogen-bond acceptors (Lipinski definition) is 4. The van der Waals surface area contributed by atoms with Gasteiger partial charge in [-0.1, -0.05) is 18.2 Å². The third-order valence-corrected chi connectivity index (χ3v) is 3.49. The van der Waals surface area contributed by atoms with Crippen molar-refractivity contribution in [2.45, 2.75) is 13.0 Å². The second-order valence-corrected chi connectivity index (χ2v) is 5.35. The Hall–Kier alpha value is -3.02. The maximum absolute atomic E-state index is 12.0. The van der Waals surface area contributed by atoms with Crippen LogP contribution in [-0.4, -0.2) is 38.1 Å². The van der Waals surface area contributed by atoms with Gasteiger partial charge in [0, 0.05) is 18.7 Å². The van der Waals surface area contributed by atoms with Crippen molar-refractivity contribution in [2.24, 2.45) is 0 Å². The largest absolute Gasteiger partial charge is 0.497 e. The molecule has 0 spiro atoms. The molecule has 25 heavy (non-hydrogen) atoms. The molecule has 132 valence electrons. The SMILES string of the molecule is COc1ccc(OC(C)C(=O)NCCNC(=O)c2ccccc2)cc1. The average Bonchev–Trinajstić information content (AvgIpc) is 2.66. The number of ether oxygens (including phenoxy) is 2. The monoisotopic (exact) mass is 342 g/mol. The topological polar surface area (TPSA) is 76.7 Å². The molecule has 0 saturated heterocycles. The lowest BCUT2D eigenvalue weighted by Gasteiger charge is -2.15. The Labute approximate surface area is 147 Å². The fraction of sp³-hybridized carbons (Fsp3) is 0.263. The van der Waals surface area contributed by atoms with Crippen molar-refractivity contribution in [3.63, 3.8) is 0 Å². The van der Waals surface area contributed by atoms with Crippen LogP contribution in [0.25, 0.3) is 0 Å². The molecule has 6 nitrogen and oxygen atoms in total. The van der Waals surface area contributed by atoms with Gasteiger partial charge in [-0.2, -0.15) is 0 Å². The summed E-state index contributed by atoms with van der Waals surface area (Å²) in [5.41, 5.74) is 0.588. The highest BCUT2D eigenvalue weighted by Crippen LogP contribution is 2.18. The van der Waals surface area contributed by atoms with E-state index < -0.39 is 6.10 Å². The highest BCUT2D eigenvalue weighted by atomic mass is 16.5. The Morgan fingerprint density at radius 2 is 1.52 bits per heavy atom. The summed E-state index contributed by atoms with van der Waals surface area (Å²) in [5.74, 6) is 0.890. The Kier molecular flexibility index (Phi) is 6.83. The van der Waals surface area contributed by atoms with E-state index in [0.29, 0.717) is 24.4 Å². The van der Waals surface area contributed by atoms with E-state index in [1.807, 2.05) is 6.07 Å². The third-order valence-electron chi connectivity index (χ3n) is 3.49. The van der Waals surface area contributed by atoms with Crippen LogP contribution in [0.5, 0.6) is 11.5 Å². The number of rotatable bonds is 8. The second-order valence-electron chi connectivity index (χ2n) is 5.35. The molecule has 6 heteroatoms. The zero-order chi connectivity index (χ0) is 18.1. The lowest BCUT2D eigenvalue weighted by Crippen LogP contribution is -2.40. The maximum atomic E-state index is 12.0. The van der Waals surface area contributed by atoms with Gasteiger partial charge in [0.05, 0.1) is 7.11 Å². The van der Waals surface area contributed by atoms with Gasteiger partial charge < -0.3 is 20.1 Å². The first-order valence-electron chi connectivity index (χ1n) is 8.02. The lowest BCUT2D eigenvalue weighted by molar-refractivity contribution is -0.127. The Balaban J connectivity index is 1.69. The molecule has 1 atom stereocenters. The molecule has 0 saturated carbocycles. The van der Waals surface area contributed by atoms with Gasteiger partial charge in [0.25, 0.3) is 11.8 Å². The highest BCUT2D eigenvalue weighted by Gasteiger charge is 2.14. The predicted octanol–water partition coefficient (Wildman–Crippen LogP) is 2.01. The van der Waals surface area contributed by atoms with Crippen LogP contribution in [0, 0.1) is 0 Å². The van der Waals surface area contributed by atoms with E-state index in [1.54, 1.807) is 62.6 Å². The van der Waals surface area contributed by atoms with Crippen LogP contribution in [0.4, 0.5) is 0 Å². The molecule has 0 fully saturated rings. The van der Waals surface area contributed by atoms with E-state index in [4.69, 9.17) is 9.47 Å². The molecular formula is C19H22N2O4. The second kappa shape index (κ2) is 9.32. The van der Waals surface area contributed by atoms with Crippen LogP contribution in [0.1, 0.15) is 17.3 Å². The van der Waals surface area contributed by atoms with Crippen molar-refractivity contribution in [3.05, 3.63) is 60.2 Å². The first kappa shape index (κ1) is 18.3. The molecule has 0 radical (unpaired) electrons. The lowest BCUT2D eigenvalue weighted by atomic mass is 10.2. The van der Waals surface area contributed by atoms with Crippen LogP contribution in [0.2, 0.25) is 0 Å². The zero-order valence-corrected chi connectivity index (χ0v) is 14.3. The van der Waals surface area contributed by atoms with Crippen molar-refractivity contribution >= 4 is 11.8 Å². The van der Waals surface area contributed by atoms with Crippen molar-refractivity contribution in [1.82, 2.24) is 10.6 Å². The van der Waals surface area contributed by atoms with Gasteiger partial charge >= 0.3 is 0 Å². The van der Waals surface area contributed by atoms with Gasteiger partial charge in [0.1, 0.15) is 11.5 Å². The Bertz CT molecular complexity index is 686. The van der Waals surface area contributed by atoms with Crippen molar-refractivity contribution in [3.8, 4) is 11.5 Å². The molecule has 2 N–H and O–H groups in total. The molecule has 2 amide bonds. The van der Waals surface area contributed by atoms with Gasteiger partial charge in [-0.25, -0.2) is 0 Å². The summed E-state index contributed by atoms with van der Waals surface area (Å²) < 4.78 is 10.6. The summed E-state index contributed by atoms with van der Waals surface area (Å²) in [6.07, 6.45) is -0.641. The number of amides is 2. The van der Waals surface area contributed by atoms with Crippen LogP contribution in [0.15, 0.2) is 54.6 Å². The average molecular weight is 342 g/mol. The molecule has 2 rings (SSSR count).